The van der Waals surface area contributed by atoms with Gasteiger partial charge in [0.15, 0.2) is 0 Å². The summed E-state index contributed by atoms with van der Waals surface area (Å²) in [4.78, 5) is 0. The maximum absolute atomic E-state index is 6.58. The van der Waals surface area contributed by atoms with E-state index in [1.54, 1.807) is 0 Å². The standard InChI is InChI=1S/C42H26O/c1-3-12-27(13-4-1)30-23-25-39-42-31(30)20-11-21-36(42)37-26-29(22-24-38(37)43-39)41-34-18-9-7-16-32(34)40(28-14-5-2-6-15-28)33-17-8-10-19-35(33)41/h1-26H. The average molecular weight is 547 g/mol. The fourth-order valence-corrected chi connectivity index (χ4v) is 7.01. The Morgan fingerprint density at radius 2 is 0.837 bits per heavy atom. The van der Waals surface area contributed by atoms with Gasteiger partial charge in [-0.15, -0.1) is 0 Å². The lowest BCUT2D eigenvalue weighted by molar-refractivity contribution is 0.487. The summed E-state index contributed by atoms with van der Waals surface area (Å²) in [5, 5.41) is 7.40. The van der Waals surface area contributed by atoms with Crippen LogP contribution in [0.4, 0.5) is 0 Å². The Bertz CT molecular complexity index is 2290. The Morgan fingerprint density at radius 1 is 0.302 bits per heavy atom. The van der Waals surface area contributed by atoms with Crippen LogP contribution in [0.5, 0.6) is 11.5 Å². The second kappa shape index (κ2) is 9.44. The molecule has 1 heteroatoms. The zero-order chi connectivity index (χ0) is 28.3. The van der Waals surface area contributed by atoms with Crippen LogP contribution in [0.1, 0.15) is 0 Å². The number of rotatable bonds is 3. The van der Waals surface area contributed by atoms with Crippen LogP contribution in [-0.2, 0) is 0 Å². The highest BCUT2D eigenvalue weighted by atomic mass is 16.5. The minimum absolute atomic E-state index is 0.894. The predicted molar refractivity (Wildman–Crippen MR) is 181 cm³/mol. The van der Waals surface area contributed by atoms with Gasteiger partial charge in [0, 0.05) is 10.9 Å². The summed E-state index contributed by atoms with van der Waals surface area (Å²) in [6.07, 6.45) is 0. The van der Waals surface area contributed by atoms with Gasteiger partial charge >= 0.3 is 0 Å². The molecule has 0 aliphatic carbocycles. The number of hydrogen-bond donors (Lipinski definition) is 0. The Morgan fingerprint density at radius 3 is 1.49 bits per heavy atom. The van der Waals surface area contributed by atoms with Gasteiger partial charge in [0.25, 0.3) is 0 Å². The molecule has 1 aliphatic heterocycles. The van der Waals surface area contributed by atoms with E-state index in [1.165, 1.54) is 71.3 Å². The van der Waals surface area contributed by atoms with Gasteiger partial charge in [-0.05, 0) is 84.1 Å². The van der Waals surface area contributed by atoms with Gasteiger partial charge in [-0.2, -0.15) is 0 Å². The Labute approximate surface area is 250 Å². The molecule has 0 spiro atoms. The fraction of sp³-hybridized carbons (Fsp3) is 0. The van der Waals surface area contributed by atoms with Gasteiger partial charge in [0.05, 0.1) is 0 Å². The maximum atomic E-state index is 6.58. The summed E-state index contributed by atoms with van der Waals surface area (Å²) in [5.74, 6) is 1.80. The highest BCUT2D eigenvalue weighted by Gasteiger charge is 2.23. The van der Waals surface area contributed by atoms with Crippen molar-refractivity contribution in [3.8, 4) is 56.0 Å². The lowest BCUT2D eigenvalue weighted by Crippen LogP contribution is -1.98. The maximum Gasteiger partial charge on any atom is 0.135 e. The number of hydrogen-bond acceptors (Lipinski definition) is 1. The molecule has 1 heterocycles. The Balaban J connectivity index is 1.32. The van der Waals surface area contributed by atoms with Crippen molar-refractivity contribution in [3.05, 3.63) is 158 Å². The van der Waals surface area contributed by atoms with Crippen molar-refractivity contribution in [1.29, 1.82) is 0 Å². The molecule has 0 radical (unpaired) electrons. The van der Waals surface area contributed by atoms with E-state index in [4.69, 9.17) is 4.74 Å². The Kier molecular flexibility index (Phi) is 5.27. The van der Waals surface area contributed by atoms with Crippen LogP contribution < -0.4 is 4.74 Å². The molecule has 0 aromatic heterocycles. The van der Waals surface area contributed by atoms with Crippen LogP contribution in [0.25, 0.3) is 76.8 Å². The van der Waals surface area contributed by atoms with Gasteiger partial charge in [-0.25, -0.2) is 0 Å². The molecule has 0 amide bonds. The highest BCUT2D eigenvalue weighted by molar-refractivity contribution is 6.21. The van der Waals surface area contributed by atoms with E-state index in [2.05, 4.69) is 158 Å². The van der Waals surface area contributed by atoms with E-state index in [0.717, 1.165) is 17.1 Å². The SMILES string of the molecule is c1ccc(-c2c3ccccc3c(-c3ccc4c(c3)-c3cccc5c(-c6ccccc6)ccc(c35)O4)c3ccccc23)cc1. The first-order valence-electron chi connectivity index (χ1n) is 14.8. The number of fused-ring (bicyclic) bond motifs is 4. The number of benzene rings is 8. The third-order valence-corrected chi connectivity index (χ3v) is 8.86. The Hall–Kier alpha value is -5.66. The van der Waals surface area contributed by atoms with E-state index >= 15 is 0 Å². The van der Waals surface area contributed by atoms with E-state index < -0.39 is 0 Å². The lowest BCUT2D eigenvalue weighted by atomic mass is 9.84. The molecule has 0 fully saturated rings. The quantitative estimate of drug-likeness (QED) is 0.200. The molecule has 0 N–H and O–H groups in total. The molecule has 8 aromatic rings. The predicted octanol–water partition coefficient (Wildman–Crippen LogP) is 11.9. The first-order chi connectivity index (χ1) is 21.3. The van der Waals surface area contributed by atoms with E-state index in [1.807, 2.05) is 0 Å². The first kappa shape index (κ1) is 24.0. The summed E-state index contributed by atoms with van der Waals surface area (Å²) in [6, 6.07) is 56.7. The second-order valence-electron chi connectivity index (χ2n) is 11.2. The van der Waals surface area contributed by atoms with Crippen LogP contribution in [0.3, 0.4) is 0 Å². The molecular formula is C42H26O. The molecule has 0 bridgehead atoms. The summed E-state index contributed by atoms with van der Waals surface area (Å²) >= 11 is 0. The van der Waals surface area contributed by atoms with Gasteiger partial charge in [0.1, 0.15) is 11.5 Å². The van der Waals surface area contributed by atoms with Crippen molar-refractivity contribution in [2.45, 2.75) is 0 Å². The molecule has 200 valence electrons. The largest absolute Gasteiger partial charge is 0.456 e. The minimum atomic E-state index is 0.894. The fourth-order valence-electron chi connectivity index (χ4n) is 7.01. The molecule has 0 atom stereocenters. The van der Waals surface area contributed by atoms with Crippen molar-refractivity contribution in [2.24, 2.45) is 0 Å². The van der Waals surface area contributed by atoms with Crippen LogP contribution in [0.2, 0.25) is 0 Å². The second-order valence-corrected chi connectivity index (χ2v) is 11.2. The monoisotopic (exact) mass is 546 g/mol. The summed E-state index contributed by atoms with van der Waals surface area (Å²) in [5.41, 5.74) is 9.73. The molecule has 0 saturated heterocycles. The van der Waals surface area contributed by atoms with Crippen molar-refractivity contribution in [3.63, 3.8) is 0 Å². The van der Waals surface area contributed by atoms with Crippen LogP contribution in [0.15, 0.2) is 158 Å². The van der Waals surface area contributed by atoms with Crippen molar-refractivity contribution in [2.75, 3.05) is 0 Å². The number of ether oxygens (including phenoxy) is 1. The molecule has 0 saturated carbocycles. The van der Waals surface area contributed by atoms with Gasteiger partial charge < -0.3 is 4.74 Å². The van der Waals surface area contributed by atoms with Crippen LogP contribution >= 0.6 is 0 Å². The molecule has 1 aliphatic rings. The third kappa shape index (κ3) is 3.65. The van der Waals surface area contributed by atoms with E-state index in [-0.39, 0.29) is 0 Å². The summed E-state index contributed by atoms with van der Waals surface area (Å²) in [7, 11) is 0. The smallest absolute Gasteiger partial charge is 0.135 e. The minimum Gasteiger partial charge on any atom is -0.456 e. The van der Waals surface area contributed by atoms with Gasteiger partial charge in [-0.1, -0.05) is 140 Å². The molecular weight excluding hydrogens is 520 g/mol. The summed E-state index contributed by atoms with van der Waals surface area (Å²) < 4.78 is 6.58. The molecule has 43 heavy (non-hydrogen) atoms. The highest BCUT2D eigenvalue weighted by Crippen LogP contribution is 2.51. The normalized spacial score (nSPS) is 11.9. The zero-order valence-electron chi connectivity index (χ0n) is 23.4. The van der Waals surface area contributed by atoms with Gasteiger partial charge in [-0.3, -0.25) is 0 Å². The van der Waals surface area contributed by atoms with Gasteiger partial charge in [0.2, 0.25) is 0 Å². The molecule has 9 rings (SSSR count). The van der Waals surface area contributed by atoms with Crippen LogP contribution in [0, 0.1) is 0 Å². The van der Waals surface area contributed by atoms with Crippen molar-refractivity contribution in [1.82, 2.24) is 0 Å². The zero-order valence-corrected chi connectivity index (χ0v) is 23.4. The van der Waals surface area contributed by atoms with Crippen molar-refractivity contribution < 1.29 is 4.74 Å². The van der Waals surface area contributed by atoms with E-state index in [0.29, 0.717) is 0 Å². The average Bonchev–Trinajstić information content (AvgIpc) is 3.08. The topological polar surface area (TPSA) is 9.23 Å². The molecule has 1 nitrogen and oxygen atoms in total. The van der Waals surface area contributed by atoms with Crippen molar-refractivity contribution >= 4 is 32.3 Å². The third-order valence-electron chi connectivity index (χ3n) is 8.86. The summed E-state index contributed by atoms with van der Waals surface area (Å²) in [6.45, 7) is 0. The molecule has 0 unspecified atom stereocenters. The first-order valence-corrected chi connectivity index (χ1v) is 14.8. The molecule has 8 aromatic carbocycles. The van der Waals surface area contributed by atoms with Crippen LogP contribution in [-0.4, -0.2) is 0 Å². The van der Waals surface area contributed by atoms with E-state index in [9.17, 15) is 0 Å². The lowest BCUT2D eigenvalue weighted by Gasteiger charge is -2.24.